The van der Waals surface area contributed by atoms with E-state index in [-0.39, 0.29) is 11.1 Å². The van der Waals surface area contributed by atoms with Crippen LogP contribution in [-0.4, -0.2) is 35.4 Å². The maximum Gasteiger partial charge on any atom is 0.230 e. The zero-order chi connectivity index (χ0) is 11.0. The average Bonchev–Trinajstić information content (AvgIpc) is 2.22. The van der Waals surface area contributed by atoms with Crippen LogP contribution in [0.5, 0.6) is 0 Å². The summed E-state index contributed by atoms with van der Waals surface area (Å²) in [6.07, 6.45) is 4.10. The topological polar surface area (TPSA) is 73.9 Å². The van der Waals surface area contributed by atoms with Crippen molar-refractivity contribution in [2.75, 3.05) is 14.1 Å². The van der Waals surface area contributed by atoms with E-state index in [1.165, 1.54) is 5.01 Å². The summed E-state index contributed by atoms with van der Waals surface area (Å²) in [5.74, 6) is 0. The van der Waals surface area contributed by atoms with Crippen LogP contribution in [0.3, 0.4) is 0 Å². The van der Waals surface area contributed by atoms with E-state index < -0.39 is 0 Å². The van der Waals surface area contributed by atoms with Gasteiger partial charge in [-0.1, -0.05) is 19.8 Å². The lowest BCUT2D eigenvalue weighted by atomic mass is 10.2. The summed E-state index contributed by atoms with van der Waals surface area (Å²) in [4.78, 5) is 0.174. The lowest BCUT2D eigenvalue weighted by Crippen LogP contribution is -2.45. The Labute approximate surface area is 84.7 Å². The number of hydrogen-bond acceptors (Lipinski definition) is 3. The molecule has 0 rings (SSSR count). The molecule has 0 saturated heterocycles. The fraction of sp³-hybridized carbons (Fsp3) is 1.00. The van der Waals surface area contributed by atoms with Gasteiger partial charge in [-0.15, -0.1) is 5.01 Å². The summed E-state index contributed by atoms with van der Waals surface area (Å²) in [5, 5.41) is 26.1. The number of unbranched alkanes of at least 4 members (excludes halogenated alkanes) is 2. The number of hydrogen-bond donors (Lipinski definition) is 2. The fourth-order valence-electron chi connectivity index (χ4n) is 1.29. The van der Waals surface area contributed by atoms with Crippen molar-refractivity contribution in [3.8, 4) is 0 Å². The third-order valence-corrected chi connectivity index (χ3v) is 2.21. The summed E-state index contributed by atoms with van der Waals surface area (Å²) >= 11 is 0. The van der Waals surface area contributed by atoms with E-state index in [0.717, 1.165) is 25.7 Å². The van der Waals surface area contributed by atoms with Gasteiger partial charge < -0.3 is 10.4 Å². The molecule has 0 heterocycles. The zero-order valence-corrected chi connectivity index (χ0v) is 9.10. The molecule has 14 heavy (non-hydrogen) atoms. The standard InChI is InChI=1S/C8H20N4O2/c1-4-5-6-7-8(9-2)11(3)12(14)10-13/h8-9,13H,4-7H2,1-3H3/b12-10+. The van der Waals surface area contributed by atoms with Crippen molar-refractivity contribution in [3.05, 3.63) is 5.21 Å². The molecule has 0 aromatic heterocycles. The van der Waals surface area contributed by atoms with Gasteiger partial charge in [-0.25, -0.2) is 0 Å². The monoisotopic (exact) mass is 204 g/mol. The molecule has 0 aromatic carbocycles. The second-order valence-corrected chi connectivity index (χ2v) is 3.22. The first kappa shape index (κ1) is 13.0. The van der Waals surface area contributed by atoms with Crippen molar-refractivity contribution < 1.29 is 10.2 Å². The lowest BCUT2D eigenvalue weighted by Gasteiger charge is -2.22. The third-order valence-electron chi connectivity index (χ3n) is 2.21. The first-order valence-electron chi connectivity index (χ1n) is 4.89. The van der Waals surface area contributed by atoms with Crippen molar-refractivity contribution in [1.82, 2.24) is 10.3 Å². The van der Waals surface area contributed by atoms with Gasteiger partial charge in [0.1, 0.15) is 6.17 Å². The minimum atomic E-state index is -0.0880. The van der Waals surface area contributed by atoms with Gasteiger partial charge in [0.2, 0.25) is 5.28 Å². The molecule has 0 radical (unpaired) electrons. The van der Waals surface area contributed by atoms with Crippen LogP contribution in [0.25, 0.3) is 0 Å². The molecular formula is C8H20N4O2. The first-order valence-corrected chi connectivity index (χ1v) is 4.89. The summed E-state index contributed by atoms with van der Waals surface area (Å²) in [6.45, 7) is 2.13. The van der Waals surface area contributed by atoms with Gasteiger partial charge in [0.15, 0.2) is 0 Å². The van der Waals surface area contributed by atoms with Crippen LogP contribution in [0.2, 0.25) is 0 Å². The predicted octanol–water partition coefficient (Wildman–Crippen LogP) is 1.31. The lowest BCUT2D eigenvalue weighted by molar-refractivity contribution is -0.712. The van der Waals surface area contributed by atoms with Crippen LogP contribution in [0.1, 0.15) is 32.6 Å². The van der Waals surface area contributed by atoms with Crippen molar-refractivity contribution in [2.45, 2.75) is 38.8 Å². The molecule has 0 aliphatic heterocycles. The van der Waals surface area contributed by atoms with E-state index in [1.54, 1.807) is 14.1 Å². The Kier molecular flexibility index (Phi) is 6.82. The number of nitrogens with one attached hydrogen (secondary N) is 1. The summed E-state index contributed by atoms with van der Waals surface area (Å²) < 4.78 is 0. The molecule has 0 aromatic rings. The SMILES string of the molecule is CCCCCC(NC)N(C)/[N+]([O-])=N\O. The molecular weight excluding hydrogens is 184 g/mol. The van der Waals surface area contributed by atoms with Gasteiger partial charge in [0.25, 0.3) is 0 Å². The molecule has 0 saturated carbocycles. The molecule has 6 nitrogen and oxygen atoms in total. The van der Waals surface area contributed by atoms with E-state index in [0.29, 0.717) is 0 Å². The third kappa shape index (κ3) is 4.27. The van der Waals surface area contributed by atoms with Crippen molar-refractivity contribution >= 4 is 0 Å². The summed E-state index contributed by atoms with van der Waals surface area (Å²) in [5.41, 5.74) is 0. The minimum Gasteiger partial charge on any atom is -0.569 e. The molecule has 0 aliphatic carbocycles. The zero-order valence-electron chi connectivity index (χ0n) is 9.10. The molecule has 0 amide bonds. The molecule has 6 heteroatoms. The molecule has 0 spiro atoms. The highest BCUT2D eigenvalue weighted by Gasteiger charge is 2.18. The number of rotatable bonds is 7. The van der Waals surface area contributed by atoms with Crippen LogP contribution in [0, 0.1) is 5.21 Å². The molecule has 84 valence electrons. The van der Waals surface area contributed by atoms with Gasteiger partial charge >= 0.3 is 0 Å². The quantitative estimate of drug-likeness (QED) is 0.215. The maximum absolute atomic E-state index is 10.9. The van der Waals surface area contributed by atoms with E-state index in [2.05, 4.69) is 17.5 Å². The molecule has 2 N–H and O–H groups in total. The second-order valence-electron chi connectivity index (χ2n) is 3.22. The molecule has 0 fully saturated rings. The van der Waals surface area contributed by atoms with E-state index in [9.17, 15) is 5.21 Å². The second kappa shape index (κ2) is 7.37. The van der Waals surface area contributed by atoms with Gasteiger partial charge in [-0.3, -0.25) is 5.32 Å². The Bertz CT molecular complexity index is 175. The van der Waals surface area contributed by atoms with Crippen molar-refractivity contribution in [3.63, 3.8) is 0 Å². The molecule has 0 bridgehead atoms. The number of hydrazine groups is 1. The highest BCUT2D eigenvalue weighted by Crippen LogP contribution is 2.06. The van der Waals surface area contributed by atoms with Crippen molar-refractivity contribution in [1.29, 1.82) is 0 Å². The smallest absolute Gasteiger partial charge is 0.230 e. The minimum absolute atomic E-state index is 0.0880. The molecule has 1 unspecified atom stereocenters. The van der Waals surface area contributed by atoms with Gasteiger partial charge in [0, 0.05) is 0 Å². The van der Waals surface area contributed by atoms with Crippen LogP contribution < -0.4 is 5.32 Å². The predicted molar refractivity (Wildman–Crippen MR) is 52.6 cm³/mol. The van der Waals surface area contributed by atoms with Gasteiger partial charge in [-0.2, -0.15) is 0 Å². The highest BCUT2D eigenvalue weighted by atomic mass is 16.6. The largest absolute Gasteiger partial charge is 0.569 e. The van der Waals surface area contributed by atoms with E-state index >= 15 is 0 Å². The Morgan fingerprint density at radius 2 is 2.21 bits per heavy atom. The summed E-state index contributed by atoms with van der Waals surface area (Å²) in [6, 6.07) is 0. The Morgan fingerprint density at radius 3 is 2.64 bits per heavy atom. The maximum atomic E-state index is 10.9. The van der Waals surface area contributed by atoms with Crippen LogP contribution in [0.15, 0.2) is 5.28 Å². The fourth-order valence-corrected chi connectivity index (χ4v) is 1.29. The normalized spacial score (nSPS) is 14.1. The van der Waals surface area contributed by atoms with Gasteiger partial charge in [0.05, 0.1) is 12.0 Å². The van der Waals surface area contributed by atoms with Gasteiger partial charge in [-0.05, 0) is 19.9 Å². The van der Waals surface area contributed by atoms with Crippen LogP contribution in [-0.2, 0) is 0 Å². The Balaban J connectivity index is 3.99. The number of nitrogens with zero attached hydrogens (tertiary/aromatic N) is 3. The average molecular weight is 204 g/mol. The molecule has 0 aliphatic rings. The van der Waals surface area contributed by atoms with E-state index in [1.807, 2.05) is 0 Å². The van der Waals surface area contributed by atoms with Crippen LogP contribution >= 0.6 is 0 Å². The van der Waals surface area contributed by atoms with Crippen molar-refractivity contribution in [2.24, 2.45) is 5.28 Å². The Hall–Kier alpha value is -1.04. The molecule has 1 atom stereocenters. The Morgan fingerprint density at radius 1 is 1.57 bits per heavy atom. The summed E-state index contributed by atoms with van der Waals surface area (Å²) in [7, 11) is 3.36. The first-order chi connectivity index (χ1) is 6.67. The van der Waals surface area contributed by atoms with Crippen LogP contribution in [0.4, 0.5) is 0 Å². The highest BCUT2D eigenvalue weighted by molar-refractivity contribution is 4.57. The van der Waals surface area contributed by atoms with E-state index in [4.69, 9.17) is 5.21 Å².